The number of nitrogens with zero attached hydrogens (tertiary/aromatic N) is 7. The average Bonchev–Trinajstić information content (AvgIpc) is 3.09. The first kappa shape index (κ1) is 37.4. The fraction of sp³-hybridized carbons (Fsp3) is 0.0938. The van der Waals surface area contributed by atoms with Gasteiger partial charge in [0.2, 0.25) is 23.0 Å². The molecular formula is C32H28ClN9O8S2. The van der Waals surface area contributed by atoms with Gasteiger partial charge in [0.25, 0.3) is 20.2 Å². The van der Waals surface area contributed by atoms with Crippen molar-refractivity contribution in [2.45, 2.75) is 23.6 Å². The molecule has 0 bridgehead atoms. The number of phenolic OH excluding ortho intramolecular Hbond substituents is 1. The van der Waals surface area contributed by atoms with Crippen LogP contribution in [0.4, 0.5) is 34.6 Å². The first-order valence-electron chi connectivity index (χ1n) is 14.9. The van der Waals surface area contributed by atoms with Crippen LogP contribution >= 0.6 is 11.6 Å². The Hall–Kier alpha value is -5.86. The highest BCUT2D eigenvalue weighted by molar-refractivity contribution is 7.86. The number of halogens is 1. The van der Waals surface area contributed by atoms with Gasteiger partial charge in [-0.3, -0.25) is 19.3 Å². The summed E-state index contributed by atoms with van der Waals surface area (Å²) in [6, 6.07) is 20.2. The summed E-state index contributed by atoms with van der Waals surface area (Å²) in [5.74, 6) is -0.932. The maximum Gasteiger partial charge on any atom is 0.294 e. The molecule has 0 saturated heterocycles. The molecule has 4 aromatic carbocycles. The van der Waals surface area contributed by atoms with Crippen molar-refractivity contribution in [3.63, 3.8) is 0 Å². The highest BCUT2D eigenvalue weighted by Gasteiger charge is 2.20. The minimum Gasteiger partial charge on any atom is -0.504 e. The number of amidine groups is 1. The van der Waals surface area contributed by atoms with E-state index in [0.717, 1.165) is 35.5 Å². The van der Waals surface area contributed by atoms with Crippen molar-refractivity contribution < 1.29 is 35.8 Å². The molecule has 20 heteroatoms. The molecule has 0 aliphatic carbocycles. The number of aryl methyl sites for hydroxylation is 1. The van der Waals surface area contributed by atoms with Crippen LogP contribution in [0.1, 0.15) is 28.4 Å². The fourth-order valence-electron chi connectivity index (χ4n) is 4.62. The maximum absolute atomic E-state index is 12.3. The number of carbonyl (C=O) groups is 1. The van der Waals surface area contributed by atoms with Crippen LogP contribution in [-0.4, -0.2) is 64.7 Å². The Labute approximate surface area is 302 Å². The Bertz CT molecular complexity index is 2430. The first-order valence-corrected chi connectivity index (χ1v) is 18.2. The van der Waals surface area contributed by atoms with E-state index >= 15 is 0 Å². The van der Waals surface area contributed by atoms with Gasteiger partial charge in [0.1, 0.15) is 5.69 Å². The molecule has 1 aromatic heterocycles. The number of rotatable bonds is 12. The van der Waals surface area contributed by atoms with E-state index < -0.39 is 35.8 Å². The van der Waals surface area contributed by atoms with Crippen LogP contribution in [0.25, 0.3) is 0 Å². The number of anilines is 5. The van der Waals surface area contributed by atoms with Crippen LogP contribution in [0.5, 0.6) is 5.75 Å². The Morgan fingerprint density at radius 1 is 0.885 bits per heavy atom. The number of aldehydes is 1. The van der Waals surface area contributed by atoms with E-state index in [1.165, 1.54) is 24.3 Å². The molecule has 5 rings (SSSR count). The van der Waals surface area contributed by atoms with Gasteiger partial charge < -0.3 is 15.3 Å². The quantitative estimate of drug-likeness (QED) is 0.0178. The monoisotopic (exact) mass is 765 g/mol. The van der Waals surface area contributed by atoms with Crippen molar-refractivity contribution in [2.24, 2.45) is 15.3 Å². The van der Waals surface area contributed by atoms with E-state index in [-0.39, 0.29) is 51.2 Å². The Morgan fingerprint density at radius 3 is 2.23 bits per heavy atom. The fourth-order valence-corrected chi connectivity index (χ4v) is 5.79. The molecule has 5 N–H and O–H groups in total. The summed E-state index contributed by atoms with van der Waals surface area (Å²) in [6.45, 7) is 4.21. The molecule has 52 heavy (non-hydrogen) atoms. The SMILES string of the molecule is CCN(c1cccc(C)c1)c1nc(Cl)nc(Nc2cc(S(=O)(=O)O)cc(NN=C(N=Nc3ccccc3C=O)c3ccc(S(=O)(=O)O)cc3)c2O)n1. The molecular weight excluding hydrogens is 738 g/mol. The van der Waals surface area contributed by atoms with E-state index in [1.54, 1.807) is 17.0 Å². The van der Waals surface area contributed by atoms with Crippen LogP contribution in [0.15, 0.2) is 110 Å². The third-order valence-corrected chi connectivity index (χ3v) is 8.97. The second-order valence-electron chi connectivity index (χ2n) is 10.7. The van der Waals surface area contributed by atoms with Crippen LogP contribution < -0.4 is 15.6 Å². The lowest BCUT2D eigenvalue weighted by Crippen LogP contribution is -2.20. The van der Waals surface area contributed by atoms with Gasteiger partial charge in [-0.05, 0) is 91.7 Å². The molecule has 268 valence electrons. The van der Waals surface area contributed by atoms with Gasteiger partial charge in [-0.2, -0.15) is 36.9 Å². The minimum atomic E-state index is -4.88. The van der Waals surface area contributed by atoms with Crippen molar-refractivity contribution in [1.29, 1.82) is 0 Å². The van der Waals surface area contributed by atoms with Gasteiger partial charge in [0.15, 0.2) is 12.0 Å². The van der Waals surface area contributed by atoms with Crippen molar-refractivity contribution >= 4 is 78.6 Å². The molecule has 0 radical (unpaired) electrons. The number of aromatic nitrogens is 3. The minimum absolute atomic E-state index is 0.134. The first-order chi connectivity index (χ1) is 24.7. The van der Waals surface area contributed by atoms with E-state index in [2.05, 4.69) is 41.0 Å². The lowest BCUT2D eigenvalue weighted by molar-refractivity contribution is 0.112. The van der Waals surface area contributed by atoms with Crippen molar-refractivity contribution in [3.8, 4) is 5.75 Å². The summed E-state index contributed by atoms with van der Waals surface area (Å²) < 4.78 is 67.1. The molecule has 17 nitrogen and oxygen atoms in total. The van der Waals surface area contributed by atoms with Gasteiger partial charge in [0, 0.05) is 23.4 Å². The number of hydrogen-bond acceptors (Lipinski definition) is 14. The summed E-state index contributed by atoms with van der Waals surface area (Å²) in [7, 11) is -9.42. The van der Waals surface area contributed by atoms with E-state index in [9.17, 15) is 35.8 Å². The normalized spacial score (nSPS) is 12.1. The summed E-state index contributed by atoms with van der Waals surface area (Å²) in [6.07, 6.45) is 0.558. The van der Waals surface area contributed by atoms with Gasteiger partial charge in [-0.1, -0.05) is 24.3 Å². The molecule has 0 aliphatic rings. The van der Waals surface area contributed by atoms with Gasteiger partial charge >= 0.3 is 0 Å². The number of hydrogen-bond donors (Lipinski definition) is 5. The van der Waals surface area contributed by atoms with Crippen LogP contribution in [0.2, 0.25) is 5.28 Å². The summed E-state index contributed by atoms with van der Waals surface area (Å²) >= 11 is 6.24. The lowest BCUT2D eigenvalue weighted by atomic mass is 10.2. The number of azo groups is 1. The average molecular weight is 766 g/mol. The molecule has 0 amide bonds. The van der Waals surface area contributed by atoms with Crippen molar-refractivity contribution in [2.75, 3.05) is 22.2 Å². The van der Waals surface area contributed by atoms with E-state index in [0.29, 0.717) is 12.8 Å². The van der Waals surface area contributed by atoms with Gasteiger partial charge in [0.05, 0.1) is 21.2 Å². The molecule has 5 aromatic rings. The highest BCUT2D eigenvalue weighted by Crippen LogP contribution is 2.37. The smallest absolute Gasteiger partial charge is 0.294 e. The number of phenols is 1. The third kappa shape index (κ3) is 9.08. The van der Waals surface area contributed by atoms with E-state index in [1.807, 2.05) is 38.1 Å². The second-order valence-corrected chi connectivity index (χ2v) is 13.9. The van der Waals surface area contributed by atoms with Gasteiger partial charge in [-0.15, -0.1) is 10.2 Å². The van der Waals surface area contributed by atoms with Crippen molar-refractivity contribution in [1.82, 2.24) is 15.0 Å². The number of aromatic hydroxyl groups is 1. The maximum atomic E-state index is 12.3. The second kappa shape index (κ2) is 15.6. The Balaban J connectivity index is 1.56. The standard InChI is InChI=1S/C32H28ClN9O8S2/c1-3-42(22-9-6-7-19(2)15-22)32-36-30(33)35-31(37-32)34-26-16-24(52(48,49)50)17-27(28(26)44)39-41-29(20-11-13-23(14-12-20)51(45,46)47)40-38-25-10-5-4-8-21(25)18-43/h4-18,39,44H,3H2,1-2H3,(H,45,46,47)(H,48,49,50)(H,34,35,36,37). The molecule has 0 atom stereocenters. The Morgan fingerprint density at radius 2 is 1.58 bits per heavy atom. The molecule has 0 spiro atoms. The predicted molar refractivity (Wildman–Crippen MR) is 193 cm³/mol. The van der Waals surface area contributed by atoms with Gasteiger partial charge in [-0.25, -0.2) is 0 Å². The molecule has 0 saturated carbocycles. The zero-order valence-electron chi connectivity index (χ0n) is 27.1. The van der Waals surface area contributed by atoms with E-state index in [4.69, 9.17) is 11.6 Å². The zero-order valence-corrected chi connectivity index (χ0v) is 29.5. The predicted octanol–water partition coefficient (Wildman–Crippen LogP) is 6.30. The molecule has 0 fully saturated rings. The van der Waals surface area contributed by atoms with Crippen LogP contribution in [0.3, 0.4) is 0 Å². The molecule has 0 aliphatic heterocycles. The lowest BCUT2D eigenvalue weighted by Gasteiger charge is -2.22. The van der Waals surface area contributed by atoms with Crippen LogP contribution in [0, 0.1) is 6.92 Å². The summed E-state index contributed by atoms with van der Waals surface area (Å²) in [5.41, 5.74) is 4.02. The highest BCUT2D eigenvalue weighted by atomic mass is 35.5. The Kier molecular flexibility index (Phi) is 11.2. The third-order valence-electron chi connectivity index (χ3n) is 7.10. The molecule has 0 unspecified atom stereocenters. The molecule has 1 heterocycles. The number of nitrogens with one attached hydrogen (secondary N) is 2. The summed E-state index contributed by atoms with van der Waals surface area (Å²) in [4.78, 5) is 24.8. The largest absolute Gasteiger partial charge is 0.504 e. The zero-order chi connectivity index (χ0) is 37.6. The van der Waals surface area contributed by atoms with Crippen LogP contribution in [-0.2, 0) is 20.2 Å². The number of benzene rings is 4. The summed E-state index contributed by atoms with van der Waals surface area (Å²) in [5, 5.41) is 26.0. The number of carbonyl (C=O) groups excluding carboxylic acids is 1. The van der Waals surface area contributed by atoms with Crippen molar-refractivity contribution in [3.05, 3.63) is 107 Å². The topological polar surface area (TPSA) is 249 Å². The number of hydrazone groups is 1.